The summed E-state index contributed by atoms with van der Waals surface area (Å²) in [7, 11) is 0. The Morgan fingerprint density at radius 3 is 2.67 bits per heavy atom. The molecule has 3 heteroatoms. The second-order valence-electron chi connectivity index (χ2n) is 5.15. The topological polar surface area (TPSA) is 17.8 Å². The summed E-state index contributed by atoms with van der Waals surface area (Å²) in [4.78, 5) is 4.64. The molecule has 1 aromatic carbocycles. The maximum Gasteiger partial charge on any atom is 0.125 e. The molecule has 2 atom stereocenters. The molecule has 0 spiro atoms. The molecule has 0 fully saturated rings. The second-order valence-corrected chi connectivity index (χ2v) is 5.42. The minimum Gasteiger partial charge on any atom is -0.324 e. The first-order valence-corrected chi connectivity index (χ1v) is 7.15. The summed E-state index contributed by atoms with van der Waals surface area (Å²) in [6.07, 6.45) is 1.16. The lowest BCUT2D eigenvalue weighted by atomic mass is 10.0. The smallest absolute Gasteiger partial charge is 0.125 e. The highest BCUT2D eigenvalue weighted by molar-refractivity contribution is 6.16. The molecule has 18 heavy (non-hydrogen) atoms. The molecule has 0 amide bonds. The van der Waals surface area contributed by atoms with Crippen molar-refractivity contribution in [2.24, 2.45) is 5.92 Å². The largest absolute Gasteiger partial charge is 0.324 e. The Morgan fingerprint density at radius 2 is 2.06 bits per heavy atom. The lowest BCUT2D eigenvalue weighted by Crippen LogP contribution is -2.15. The number of benzene rings is 1. The summed E-state index contributed by atoms with van der Waals surface area (Å²) in [6.45, 7) is 8.88. The SMILES string of the molecule is CCC(C)C(C)n1c(CCl)nc2ccc(C)cc21. The van der Waals surface area contributed by atoms with Crippen molar-refractivity contribution in [3.8, 4) is 0 Å². The summed E-state index contributed by atoms with van der Waals surface area (Å²) in [6, 6.07) is 6.82. The second kappa shape index (κ2) is 5.31. The Morgan fingerprint density at radius 1 is 1.33 bits per heavy atom. The normalized spacial score (nSPS) is 14.9. The number of aromatic nitrogens is 2. The van der Waals surface area contributed by atoms with E-state index in [1.807, 2.05) is 0 Å². The van der Waals surface area contributed by atoms with E-state index < -0.39 is 0 Å². The maximum absolute atomic E-state index is 6.05. The molecule has 2 unspecified atom stereocenters. The van der Waals surface area contributed by atoms with Crippen molar-refractivity contribution in [2.75, 3.05) is 0 Å². The van der Waals surface area contributed by atoms with Gasteiger partial charge >= 0.3 is 0 Å². The quantitative estimate of drug-likeness (QED) is 0.733. The van der Waals surface area contributed by atoms with Crippen LogP contribution in [0.3, 0.4) is 0 Å². The van der Waals surface area contributed by atoms with E-state index in [1.165, 1.54) is 11.1 Å². The van der Waals surface area contributed by atoms with Gasteiger partial charge in [-0.15, -0.1) is 11.6 Å². The summed E-state index contributed by atoms with van der Waals surface area (Å²) >= 11 is 6.05. The molecule has 1 aromatic heterocycles. The molecular formula is C15H21ClN2. The molecule has 2 nitrogen and oxygen atoms in total. The minimum absolute atomic E-state index is 0.426. The lowest BCUT2D eigenvalue weighted by molar-refractivity contribution is 0.371. The number of aryl methyl sites for hydroxylation is 1. The van der Waals surface area contributed by atoms with Gasteiger partial charge in [-0.25, -0.2) is 4.98 Å². The molecule has 0 saturated heterocycles. The summed E-state index contributed by atoms with van der Waals surface area (Å²) in [5.74, 6) is 2.06. The average Bonchev–Trinajstić information content (AvgIpc) is 2.74. The number of imidazole rings is 1. The fourth-order valence-electron chi connectivity index (χ4n) is 2.40. The number of hydrogen-bond acceptors (Lipinski definition) is 1. The number of nitrogens with zero attached hydrogens (tertiary/aromatic N) is 2. The van der Waals surface area contributed by atoms with Crippen molar-refractivity contribution in [1.29, 1.82) is 0 Å². The van der Waals surface area contributed by atoms with Crippen LogP contribution in [-0.2, 0) is 5.88 Å². The third-order valence-electron chi connectivity index (χ3n) is 3.91. The molecule has 0 radical (unpaired) electrons. The van der Waals surface area contributed by atoms with E-state index in [4.69, 9.17) is 11.6 Å². The minimum atomic E-state index is 0.426. The monoisotopic (exact) mass is 264 g/mol. The molecule has 0 N–H and O–H groups in total. The van der Waals surface area contributed by atoms with Crippen LogP contribution in [0.4, 0.5) is 0 Å². The Labute approximate surface area is 114 Å². The van der Waals surface area contributed by atoms with Crippen LogP contribution in [0.1, 0.15) is 44.6 Å². The van der Waals surface area contributed by atoms with Gasteiger partial charge in [0.25, 0.3) is 0 Å². The summed E-state index contributed by atoms with van der Waals surface area (Å²) in [5.41, 5.74) is 3.52. The lowest BCUT2D eigenvalue weighted by Gasteiger charge is -2.22. The predicted molar refractivity (Wildman–Crippen MR) is 78.2 cm³/mol. The molecule has 1 heterocycles. The summed E-state index contributed by atoms with van der Waals surface area (Å²) in [5, 5.41) is 0. The molecule has 0 aliphatic carbocycles. The van der Waals surface area contributed by atoms with Crippen LogP contribution in [0.2, 0.25) is 0 Å². The fraction of sp³-hybridized carbons (Fsp3) is 0.533. The zero-order valence-corrected chi connectivity index (χ0v) is 12.3. The van der Waals surface area contributed by atoms with Crippen molar-refractivity contribution in [1.82, 2.24) is 9.55 Å². The van der Waals surface area contributed by atoms with Crippen LogP contribution in [0, 0.1) is 12.8 Å². The fourth-order valence-corrected chi connectivity index (χ4v) is 2.59. The molecule has 0 bridgehead atoms. The van der Waals surface area contributed by atoms with E-state index in [0.717, 1.165) is 17.8 Å². The van der Waals surface area contributed by atoms with E-state index in [9.17, 15) is 0 Å². The van der Waals surface area contributed by atoms with E-state index in [0.29, 0.717) is 17.8 Å². The number of hydrogen-bond donors (Lipinski definition) is 0. The molecule has 0 aliphatic rings. The highest BCUT2D eigenvalue weighted by Gasteiger charge is 2.19. The average molecular weight is 265 g/mol. The van der Waals surface area contributed by atoms with Crippen LogP contribution < -0.4 is 0 Å². The van der Waals surface area contributed by atoms with Gasteiger partial charge in [-0.3, -0.25) is 0 Å². The van der Waals surface area contributed by atoms with Crippen molar-refractivity contribution < 1.29 is 0 Å². The van der Waals surface area contributed by atoms with Gasteiger partial charge in [-0.2, -0.15) is 0 Å². The number of alkyl halides is 1. The van der Waals surface area contributed by atoms with Gasteiger partial charge in [-0.05, 0) is 37.5 Å². The molecule has 0 saturated carbocycles. The van der Waals surface area contributed by atoms with E-state index >= 15 is 0 Å². The van der Waals surface area contributed by atoms with E-state index in [2.05, 4.69) is 55.4 Å². The van der Waals surface area contributed by atoms with Gasteiger partial charge in [0.05, 0.1) is 16.9 Å². The maximum atomic E-state index is 6.05. The van der Waals surface area contributed by atoms with Crippen LogP contribution >= 0.6 is 11.6 Å². The zero-order chi connectivity index (χ0) is 13.3. The number of halogens is 1. The first kappa shape index (κ1) is 13.4. The van der Waals surface area contributed by atoms with Crippen LogP contribution in [0.15, 0.2) is 18.2 Å². The molecule has 0 aliphatic heterocycles. The molecule has 2 aromatic rings. The number of fused-ring (bicyclic) bond motifs is 1. The van der Waals surface area contributed by atoms with Gasteiger partial charge in [0, 0.05) is 6.04 Å². The standard InChI is InChI=1S/C15H21ClN2/c1-5-11(3)12(4)18-14-8-10(2)6-7-13(14)17-15(18)9-16/h6-8,11-12H,5,9H2,1-4H3. The van der Waals surface area contributed by atoms with Gasteiger partial charge in [0.15, 0.2) is 0 Å². The Hall–Kier alpha value is -1.02. The van der Waals surface area contributed by atoms with Crippen molar-refractivity contribution >= 4 is 22.6 Å². The van der Waals surface area contributed by atoms with Gasteiger partial charge < -0.3 is 4.57 Å². The van der Waals surface area contributed by atoms with E-state index in [1.54, 1.807) is 0 Å². The Kier molecular flexibility index (Phi) is 3.96. The van der Waals surface area contributed by atoms with Gasteiger partial charge in [0.2, 0.25) is 0 Å². The molecule has 98 valence electrons. The third kappa shape index (κ3) is 2.26. The summed E-state index contributed by atoms with van der Waals surface area (Å²) < 4.78 is 2.31. The van der Waals surface area contributed by atoms with Crippen molar-refractivity contribution in [3.05, 3.63) is 29.6 Å². The van der Waals surface area contributed by atoms with Crippen LogP contribution in [0.25, 0.3) is 11.0 Å². The van der Waals surface area contributed by atoms with Gasteiger partial charge in [0.1, 0.15) is 5.82 Å². The predicted octanol–water partition coefficient (Wildman–Crippen LogP) is 4.69. The Balaban J connectivity index is 2.62. The third-order valence-corrected chi connectivity index (χ3v) is 4.15. The molecule has 2 rings (SSSR count). The van der Waals surface area contributed by atoms with E-state index in [-0.39, 0.29) is 0 Å². The Bertz CT molecular complexity index is 545. The van der Waals surface area contributed by atoms with Crippen molar-refractivity contribution in [3.63, 3.8) is 0 Å². The van der Waals surface area contributed by atoms with Crippen molar-refractivity contribution in [2.45, 2.75) is 46.0 Å². The first-order valence-electron chi connectivity index (χ1n) is 6.61. The van der Waals surface area contributed by atoms with Gasteiger partial charge in [-0.1, -0.05) is 26.3 Å². The highest BCUT2D eigenvalue weighted by Crippen LogP contribution is 2.28. The zero-order valence-electron chi connectivity index (χ0n) is 11.6. The first-order chi connectivity index (χ1) is 8.58. The highest BCUT2D eigenvalue weighted by atomic mass is 35.5. The van der Waals surface area contributed by atoms with Crippen LogP contribution in [0.5, 0.6) is 0 Å². The number of rotatable bonds is 4. The molecular weight excluding hydrogens is 244 g/mol. The van der Waals surface area contributed by atoms with Crippen LogP contribution in [-0.4, -0.2) is 9.55 Å².